The fourth-order valence-electron chi connectivity index (χ4n) is 7.57. The number of aliphatic hydroxyl groups is 3. The number of amides is 3. The minimum absolute atomic E-state index is 0.0353. The van der Waals surface area contributed by atoms with Gasteiger partial charge in [0.15, 0.2) is 6.23 Å². The van der Waals surface area contributed by atoms with E-state index in [1.165, 1.54) is 36.2 Å². The average Bonchev–Trinajstić information content (AvgIpc) is 3.76. The molecule has 300 valence electrons. The summed E-state index contributed by atoms with van der Waals surface area (Å²) in [7, 11) is 1.46. The lowest BCUT2D eigenvalue weighted by Crippen LogP contribution is -2.59. The van der Waals surface area contributed by atoms with Crippen LogP contribution in [0.25, 0.3) is 22.2 Å². The van der Waals surface area contributed by atoms with Crippen LogP contribution in [0.3, 0.4) is 0 Å². The molecular formula is C42H50F2N4O8. The third-order valence-electron chi connectivity index (χ3n) is 10.9. The molecule has 7 atom stereocenters. The number of aliphatic hydroxyl groups excluding tert-OH is 3. The van der Waals surface area contributed by atoms with Gasteiger partial charge in [0.2, 0.25) is 11.8 Å². The van der Waals surface area contributed by atoms with E-state index < -0.39 is 65.7 Å². The highest BCUT2D eigenvalue weighted by atomic mass is 19.1. The van der Waals surface area contributed by atoms with Crippen molar-refractivity contribution in [1.82, 2.24) is 19.7 Å². The van der Waals surface area contributed by atoms with Gasteiger partial charge in [0.05, 0.1) is 17.8 Å². The molecule has 1 aromatic heterocycles. The van der Waals surface area contributed by atoms with Crippen molar-refractivity contribution in [2.24, 2.45) is 5.41 Å². The molecule has 2 saturated heterocycles. The molecule has 12 nitrogen and oxygen atoms in total. The summed E-state index contributed by atoms with van der Waals surface area (Å²) in [6, 6.07) is 16.7. The van der Waals surface area contributed by atoms with Crippen molar-refractivity contribution in [2.75, 3.05) is 20.2 Å². The number of ether oxygens (including phenoxy) is 2. The molecule has 6 rings (SSSR count). The highest BCUT2D eigenvalue weighted by molar-refractivity contribution is 5.93. The van der Waals surface area contributed by atoms with E-state index in [9.17, 15) is 38.5 Å². The summed E-state index contributed by atoms with van der Waals surface area (Å²) >= 11 is 0. The predicted molar refractivity (Wildman–Crippen MR) is 204 cm³/mol. The van der Waals surface area contributed by atoms with Crippen LogP contribution >= 0.6 is 0 Å². The number of fused-ring (bicyclic) bond motifs is 1. The van der Waals surface area contributed by atoms with Crippen molar-refractivity contribution in [1.29, 1.82) is 0 Å². The maximum absolute atomic E-state index is 15.0. The van der Waals surface area contributed by atoms with Gasteiger partial charge in [-0.2, -0.15) is 0 Å². The lowest BCUT2D eigenvalue weighted by atomic mass is 9.85. The molecule has 0 aliphatic carbocycles. The lowest BCUT2D eigenvalue weighted by Gasteiger charge is -2.37. The Bertz CT molecular complexity index is 2040. The summed E-state index contributed by atoms with van der Waals surface area (Å²) in [4.78, 5) is 44.1. The third kappa shape index (κ3) is 8.43. The summed E-state index contributed by atoms with van der Waals surface area (Å²) in [5.41, 5.74) is 2.06. The fraction of sp³-hybridized carbons (Fsp3) is 0.452. The van der Waals surface area contributed by atoms with Gasteiger partial charge in [-0.15, -0.1) is 0 Å². The average molecular weight is 777 g/mol. The molecule has 4 aromatic rings. The van der Waals surface area contributed by atoms with Gasteiger partial charge in [-0.3, -0.25) is 14.5 Å². The number of carbonyl (C=O) groups excluding carboxylic acids is 3. The monoisotopic (exact) mass is 776 g/mol. The van der Waals surface area contributed by atoms with Crippen LogP contribution in [0.15, 0.2) is 72.8 Å². The Labute approximate surface area is 324 Å². The first-order valence-corrected chi connectivity index (χ1v) is 18.8. The van der Waals surface area contributed by atoms with Crippen LogP contribution in [0.5, 0.6) is 0 Å². The van der Waals surface area contributed by atoms with Crippen LogP contribution in [0.4, 0.5) is 13.6 Å². The van der Waals surface area contributed by atoms with Gasteiger partial charge in [-0.25, -0.2) is 13.6 Å². The molecule has 0 spiro atoms. The van der Waals surface area contributed by atoms with Crippen molar-refractivity contribution in [3.63, 3.8) is 0 Å². The minimum atomic E-state index is -1.60. The first kappa shape index (κ1) is 40.8. The van der Waals surface area contributed by atoms with Crippen molar-refractivity contribution in [3.8, 4) is 11.3 Å². The summed E-state index contributed by atoms with van der Waals surface area (Å²) < 4.78 is 42.1. The van der Waals surface area contributed by atoms with E-state index in [0.29, 0.717) is 47.1 Å². The quantitative estimate of drug-likeness (QED) is 0.177. The number of hydrogen-bond donors (Lipinski definition) is 4. The number of benzene rings is 3. The van der Waals surface area contributed by atoms with Crippen LogP contribution in [0, 0.1) is 17.0 Å². The first-order valence-electron chi connectivity index (χ1n) is 18.8. The number of rotatable bonds is 10. The summed E-state index contributed by atoms with van der Waals surface area (Å²) in [5.74, 6) is -1.89. The Morgan fingerprint density at radius 3 is 2.34 bits per heavy atom. The van der Waals surface area contributed by atoms with Gasteiger partial charge in [-0.05, 0) is 90.8 Å². The van der Waals surface area contributed by atoms with Crippen LogP contribution < -0.4 is 5.32 Å². The number of hydrogen-bond acceptors (Lipinski definition) is 8. The Hall–Kier alpha value is -4.89. The van der Waals surface area contributed by atoms with E-state index in [1.54, 1.807) is 34.6 Å². The number of nitrogens with one attached hydrogen (secondary N) is 1. The molecule has 3 aromatic carbocycles. The third-order valence-corrected chi connectivity index (χ3v) is 10.9. The van der Waals surface area contributed by atoms with E-state index in [1.807, 2.05) is 51.1 Å². The topological polar surface area (TPSA) is 154 Å². The van der Waals surface area contributed by atoms with Gasteiger partial charge in [0.1, 0.15) is 48.6 Å². The number of carbonyl (C=O) groups is 3. The molecule has 3 heterocycles. The van der Waals surface area contributed by atoms with Crippen LogP contribution in [0.2, 0.25) is 0 Å². The van der Waals surface area contributed by atoms with E-state index in [4.69, 9.17) is 9.47 Å². The highest BCUT2D eigenvalue weighted by Crippen LogP contribution is 2.42. The van der Waals surface area contributed by atoms with E-state index in [0.717, 1.165) is 5.56 Å². The van der Waals surface area contributed by atoms with Crippen molar-refractivity contribution in [2.45, 2.75) is 96.2 Å². The molecule has 0 saturated carbocycles. The van der Waals surface area contributed by atoms with E-state index >= 15 is 0 Å². The van der Waals surface area contributed by atoms with E-state index in [2.05, 4.69) is 5.32 Å². The molecule has 1 unspecified atom stereocenters. The molecule has 56 heavy (non-hydrogen) atoms. The summed E-state index contributed by atoms with van der Waals surface area (Å²) in [6.07, 6.45) is -4.91. The standard InChI is InChI=1S/C42H50F2N4O8/c1-24(46(5)41(54)56-22-25-10-7-6-8-11-25)38(52)45-37(42(2,3)4)39(53)47-19-9-12-29(47)21-31-30-18-17-28(44)20-32(30)48(34(31)26-13-15-27(43)16-14-26)40-36(51)35(50)33(49)23-55-40/h6-8,10-11,13-18,20,24,29,33,35-37,40,49-51H,9,12,19,21-23H2,1-5H3,(H,45,52)/t24-,29-,33+,35-,36+,37+,40?/m0/s1. The number of aromatic nitrogens is 1. The molecule has 2 aliphatic heterocycles. The van der Waals surface area contributed by atoms with Gasteiger partial charge in [0.25, 0.3) is 0 Å². The number of halogens is 2. The smallest absolute Gasteiger partial charge is 0.410 e. The lowest BCUT2D eigenvalue weighted by molar-refractivity contribution is -0.209. The van der Waals surface area contributed by atoms with Crippen LogP contribution in [-0.2, 0) is 32.1 Å². The maximum atomic E-state index is 15.0. The largest absolute Gasteiger partial charge is 0.445 e. The second-order valence-electron chi connectivity index (χ2n) is 15.8. The predicted octanol–water partition coefficient (Wildman–Crippen LogP) is 4.92. The van der Waals surface area contributed by atoms with Crippen molar-refractivity contribution >= 4 is 28.8 Å². The zero-order valence-electron chi connectivity index (χ0n) is 32.2. The second-order valence-corrected chi connectivity index (χ2v) is 15.8. The molecule has 14 heteroatoms. The van der Waals surface area contributed by atoms with Crippen LogP contribution in [0.1, 0.15) is 57.9 Å². The summed E-state index contributed by atoms with van der Waals surface area (Å²) in [5, 5.41) is 35.6. The highest BCUT2D eigenvalue weighted by Gasteiger charge is 2.43. The fourth-order valence-corrected chi connectivity index (χ4v) is 7.57. The number of likely N-dealkylation sites (tertiary alicyclic amines) is 1. The zero-order chi connectivity index (χ0) is 40.5. The van der Waals surface area contributed by atoms with Crippen LogP contribution in [-0.4, -0.2) is 104 Å². The van der Waals surface area contributed by atoms with Gasteiger partial charge in [-0.1, -0.05) is 51.1 Å². The molecule has 0 radical (unpaired) electrons. The van der Waals surface area contributed by atoms with Gasteiger partial charge < -0.3 is 39.6 Å². The normalized spacial score (nSPS) is 22.5. The Balaban J connectivity index is 1.29. The minimum Gasteiger partial charge on any atom is -0.445 e. The molecule has 3 amide bonds. The Morgan fingerprint density at radius 2 is 1.66 bits per heavy atom. The number of likely N-dealkylation sites (N-methyl/N-ethyl adjacent to an activating group) is 1. The Kier molecular flexibility index (Phi) is 12.1. The van der Waals surface area contributed by atoms with Gasteiger partial charge >= 0.3 is 6.09 Å². The molecule has 0 bridgehead atoms. The SMILES string of the molecule is C[C@@H](C(=O)N[C@H](C(=O)N1CCC[C@H]1Cc1c(-c2ccc(F)cc2)n(C2OC[C@@H](O)[C@H](O)[C@H]2O)c2cc(F)ccc12)C(C)(C)C)N(C)C(=O)OCc1ccccc1. The van der Waals surface area contributed by atoms with Gasteiger partial charge in [0, 0.05) is 25.0 Å². The Morgan fingerprint density at radius 1 is 0.982 bits per heavy atom. The molecule has 4 N–H and O–H groups in total. The molecule has 2 fully saturated rings. The first-order chi connectivity index (χ1) is 26.6. The summed E-state index contributed by atoms with van der Waals surface area (Å²) in [6.45, 7) is 7.24. The molecular weight excluding hydrogens is 726 g/mol. The van der Waals surface area contributed by atoms with Crippen molar-refractivity contribution in [3.05, 3.63) is 95.6 Å². The van der Waals surface area contributed by atoms with Crippen molar-refractivity contribution < 1.29 is 48.0 Å². The second kappa shape index (κ2) is 16.7. The number of nitrogens with zero attached hydrogens (tertiary/aromatic N) is 3. The van der Waals surface area contributed by atoms with E-state index in [-0.39, 0.29) is 31.6 Å². The zero-order valence-corrected chi connectivity index (χ0v) is 32.2. The maximum Gasteiger partial charge on any atom is 0.410 e. The molecule has 2 aliphatic rings.